The lowest BCUT2D eigenvalue weighted by atomic mass is 10.2. The minimum absolute atomic E-state index is 0.00325. The number of carboxylic acids is 1. The van der Waals surface area contributed by atoms with Crippen LogP contribution in [0.3, 0.4) is 0 Å². The molecule has 0 fully saturated rings. The summed E-state index contributed by atoms with van der Waals surface area (Å²) in [6, 6.07) is 14.2. The Morgan fingerprint density at radius 1 is 1.07 bits per heavy atom. The van der Waals surface area contributed by atoms with Crippen molar-refractivity contribution in [3.05, 3.63) is 87.6 Å². The van der Waals surface area contributed by atoms with Crippen LogP contribution in [0.5, 0.6) is 17.2 Å². The molecule has 8 heteroatoms. The molecule has 2 heterocycles. The number of ether oxygens (including phenoxy) is 2. The molecule has 7 nitrogen and oxygen atoms in total. The molecule has 4 aromatic rings. The van der Waals surface area contributed by atoms with Gasteiger partial charge >= 0.3 is 0 Å². The van der Waals surface area contributed by atoms with E-state index in [4.69, 9.17) is 29.9 Å². The molecule has 2 aromatic heterocycles. The molecule has 0 radical (unpaired) electrons. The molecular weight excluding hydrogens is 400 g/mol. The van der Waals surface area contributed by atoms with Gasteiger partial charge in [0.05, 0.1) is 10.4 Å². The Morgan fingerprint density at radius 2 is 1.90 bits per heavy atom. The van der Waals surface area contributed by atoms with Crippen LogP contribution >= 0.6 is 11.6 Å². The predicted octanol–water partition coefficient (Wildman–Crippen LogP) is 3.77. The van der Waals surface area contributed by atoms with Crippen LogP contribution in [0.4, 0.5) is 0 Å². The highest BCUT2D eigenvalue weighted by atomic mass is 35.5. The van der Waals surface area contributed by atoms with Crippen molar-refractivity contribution in [3.63, 3.8) is 0 Å². The molecule has 0 aliphatic rings. The molecule has 146 valence electrons. The van der Waals surface area contributed by atoms with Gasteiger partial charge in [0.25, 0.3) is 0 Å². The van der Waals surface area contributed by atoms with Gasteiger partial charge in [-0.3, -0.25) is 4.79 Å². The summed E-state index contributed by atoms with van der Waals surface area (Å²) in [5.74, 6) is -0.612. The molecule has 0 saturated carbocycles. The summed E-state index contributed by atoms with van der Waals surface area (Å²) in [7, 11) is 0. The number of carbonyl (C=O) groups excluding carboxylic acids is 1. The topological polar surface area (TPSA) is 102 Å². The maximum absolute atomic E-state index is 12.7. The van der Waals surface area contributed by atoms with Gasteiger partial charge in [0.2, 0.25) is 11.2 Å². The minimum atomic E-state index is -1.40. The van der Waals surface area contributed by atoms with E-state index >= 15 is 0 Å². The van der Waals surface area contributed by atoms with Crippen LogP contribution in [0, 0.1) is 0 Å². The van der Waals surface area contributed by atoms with Gasteiger partial charge in [-0.05, 0) is 36.4 Å². The first-order valence-corrected chi connectivity index (χ1v) is 8.80. The van der Waals surface area contributed by atoms with E-state index in [0.29, 0.717) is 33.3 Å². The number of para-hydroxylation sites is 1. The fraction of sp³-hybridized carbons (Fsp3) is 0.0476. The monoisotopic (exact) mass is 411 g/mol. The van der Waals surface area contributed by atoms with Crippen LogP contribution in [-0.4, -0.2) is 5.97 Å². The van der Waals surface area contributed by atoms with Gasteiger partial charge in [-0.15, -0.1) is 0 Å². The van der Waals surface area contributed by atoms with Crippen molar-refractivity contribution < 1.29 is 28.2 Å². The van der Waals surface area contributed by atoms with E-state index < -0.39 is 5.97 Å². The van der Waals surface area contributed by atoms with Crippen molar-refractivity contribution >= 4 is 28.5 Å². The zero-order valence-corrected chi connectivity index (χ0v) is 15.5. The molecule has 0 saturated heterocycles. The van der Waals surface area contributed by atoms with Crippen molar-refractivity contribution in [2.24, 2.45) is 0 Å². The second-order valence-electron chi connectivity index (χ2n) is 5.96. The summed E-state index contributed by atoms with van der Waals surface area (Å²) in [6.07, 6.45) is 1.20. The summed E-state index contributed by atoms with van der Waals surface area (Å²) in [6.45, 7) is -0.00325. The normalized spacial score (nSPS) is 10.8. The van der Waals surface area contributed by atoms with Crippen molar-refractivity contribution in [2.75, 3.05) is 0 Å². The third-order valence-electron chi connectivity index (χ3n) is 4.01. The lowest BCUT2D eigenvalue weighted by Gasteiger charge is -2.08. The third-order valence-corrected chi connectivity index (χ3v) is 4.33. The molecule has 4 rings (SSSR count). The molecule has 0 N–H and O–H groups in total. The van der Waals surface area contributed by atoms with Gasteiger partial charge in [-0.2, -0.15) is 0 Å². The van der Waals surface area contributed by atoms with Gasteiger partial charge in [-0.1, -0.05) is 23.7 Å². The Labute approximate surface area is 168 Å². The standard InChI is InChI=1S/C21H13ClO7/c22-15-3-1-2-4-16(15)29-19-11-27-18-9-12(5-7-14(18)20(19)23)26-10-13-6-8-17(28-13)21(24)25/h1-9,11H,10H2,(H,24,25)/p-1. The highest BCUT2D eigenvalue weighted by Crippen LogP contribution is 2.29. The molecular formula is C21H12ClO7-. The number of furan rings is 1. The number of benzene rings is 2. The second-order valence-corrected chi connectivity index (χ2v) is 6.37. The van der Waals surface area contributed by atoms with Gasteiger partial charge < -0.3 is 28.2 Å². The van der Waals surface area contributed by atoms with Crippen molar-refractivity contribution in [3.8, 4) is 17.2 Å². The summed E-state index contributed by atoms with van der Waals surface area (Å²) in [5.41, 5.74) is -0.0590. The minimum Gasteiger partial charge on any atom is -0.542 e. The maximum Gasteiger partial charge on any atom is 0.235 e. The largest absolute Gasteiger partial charge is 0.542 e. The van der Waals surface area contributed by atoms with Gasteiger partial charge in [0.1, 0.15) is 47.4 Å². The van der Waals surface area contributed by atoms with E-state index in [0.717, 1.165) is 0 Å². The van der Waals surface area contributed by atoms with Crippen LogP contribution in [0.25, 0.3) is 11.0 Å². The van der Waals surface area contributed by atoms with E-state index in [1.807, 2.05) is 0 Å². The smallest absolute Gasteiger partial charge is 0.235 e. The summed E-state index contributed by atoms with van der Waals surface area (Å²) < 4.78 is 21.7. The first-order valence-electron chi connectivity index (χ1n) is 8.42. The van der Waals surface area contributed by atoms with Crippen LogP contribution in [-0.2, 0) is 6.61 Å². The Kier molecular flexibility index (Phi) is 4.97. The molecule has 0 amide bonds. The quantitative estimate of drug-likeness (QED) is 0.475. The number of aromatic carboxylic acids is 1. The number of fused-ring (bicyclic) bond motifs is 1. The number of halogens is 1. The van der Waals surface area contributed by atoms with E-state index in [9.17, 15) is 14.7 Å². The molecule has 29 heavy (non-hydrogen) atoms. The van der Waals surface area contributed by atoms with E-state index in [2.05, 4.69) is 0 Å². The van der Waals surface area contributed by atoms with Gasteiger partial charge in [0, 0.05) is 6.07 Å². The lowest BCUT2D eigenvalue weighted by molar-refractivity contribution is -0.257. The Morgan fingerprint density at radius 3 is 2.66 bits per heavy atom. The molecule has 0 aliphatic heterocycles. The number of hydrogen-bond acceptors (Lipinski definition) is 7. The highest BCUT2D eigenvalue weighted by molar-refractivity contribution is 6.32. The fourth-order valence-electron chi connectivity index (χ4n) is 2.62. The predicted molar refractivity (Wildman–Crippen MR) is 101 cm³/mol. The first-order chi connectivity index (χ1) is 14.0. The molecule has 0 unspecified atom stereocenters. The fourth-order valence-corrected chi connectivity index (χ4v) is 2.79. The average molecular weight is 412 g/mol. The number of hydrogen-bond donors (Lipinski definition) is 0. The van der Waals surface area contributed by atoms with Gasteiger partial charge in [-0.25, -0.2) is 0 Å². The maximum atomic E-state index is 12.7. The molecule has 0 atom stereocenters. The zero-order chi connectivity index (χ0) is 20.4. The molecule has 0 spiro atoms. The second kappa shape index (κ2) is 7.73. The summed E-state index contributed by atoms with van der Waals surface area (Å²) in [5, 5.41) is 11.4. The third kappa shape index (κ3) is 3.95. The summed E-state index contributed by atoms with van der Waals surface area (Å²) in [4.78, 5) is 23.4. The van der Waals surface area contributed by atoms with E-state index in [1.165, 1.54) is 18.4 Å². The molecule has 0 bridgehead atoms. The van der Waals surface area contributed by atoms with Crippen molar-refractivity contribution in [2.45, 2.75) is 6.61 Å². The Balaban J connectivity index is 1.54. The molecule has 0 aliphatic carbocycles. The van der Waals surface area contributed by atoms with E-state index in [1.54, 1.807) is 42.5 Å². The zero-order valence-electron chi connectivity index (χ0n) is 14.7. The van der Waals surface area contributed by atoms with Crippen molar-refractivity contribution in [1.82, 2.24) is 0 Å². The summed E-state index contributed by atoms with van der Waals surface area (Å²) >= 11 is 6.05. The number of carboxylic acid groups (broad SMARTS) is 1. The van der Waals surface area contributed by atoms with Crippen LogP contribution < -0.4 is 20.0 Å². The van der Waals surface area contributed by atoms with E-state index in [-0.39, 0.29) is 23.5 Å². The Hall–Kier alpha value is -3.71. The average Bonchev–Trinajstić information content (AvgIpc) is 3.19. The van der Waals surface area contributed by atoms with Crippen LogP contribution in [0.2, 0.25) is 5.02 Å². The number of carbonyl (C=O) groups is 1. The SMILES string of the molecule is O=C([O-])c1ccc(COc2ccc3c(=O)c(Oc4ccccc4Cl)coc3c2)o1. The van der Waals surface area contributed by atoms with Crippen molar-refractivity contribution in [1.29, 1.82) is 0 Å². The van der Waals surface area contributed by atoms with Gasteiger partial charge in [0.15, 0.2) is 0 Å². The first kappa shape index (κ1) is 18.6. The number of rotatable bonds is 6. The Bertz CT molecular complexity index is 1260. The highest BCUT2D eigenvalue weighted by Gasteiger charge is 2.12. The van der Waals surface area contributed by atoms with Crippen LogP contribution in [0.15, 0.2) is 74.5 Å². The van der Waals surface area contributed by atoms with Crippen LogP contribution in [0.1, 0.15) is 16.3 Å². The lowest BCUT2D eigenvalue weighted by Crippen LogP contribution is -2.21. The molecule has 2 aromatic carbocycles.